The molecule has 1 heterocycles. The number of ether oxygens (including phenoxy) is 1. The van der Waals surface area contributed by atoms with Crippen LogP contribution in [0.4, 0.5) is 11.4 Å². The number of carbonyl (C=O) groups excluding carboxylic acids is 1. The SMILES string of the molecule is O=C(Nc1ccc([N+](=O)[O-])cc1)C1=C(N2CCOCC2)/C(=C\c2ccccc2)CC1. The summed E-state index contributed by atoms with van der Waals surface area (Å²) in [4.78, 5) is 25.7. The van der Waals surface area contributed by atoms with Gasteiger partial charge in [-0.2, -0.15) is 0 Å². The highest BCUT2D eigenvalue weighted by molar-refractivity contribution is 6.05. The first kappa shape index (κ1) is 19.8. The lowest BCUT2D eigenvalue weighted by molar-refractivity contribution is -0.384. The molecular weight excluding hydrogens is 382 g/mol. The highest BCUT2D eigenvalue weighted by Crippen LogP contribution is 2.36. The number of amides is 1. The van der Waals surface area contributed by atoms with Crippen molar-refractivity contribution in [1.29, 1.82) is 0 Å². The van der Waals surface area contributed by atoms with Crippen molar-refractivity contribution in [3.63, 3.8) is 0 Å². The van der Waals surface area contributed by atoms with E-state index in [1.54, 1.807) is 12.1 Å². The molecule has 7 heteroatoms. The van der Waals surface area contributed by atoms with Gasteiger partial charge in [-0.1, -0.05) is 30.3 Å². The molecule has 1 aliphatic carbocycles. The van der Waals surface area contributed by atoms with Crippen molar-refractivity contribution in [2.45, 2.75) is 12.8 Å². The number of nitro benzene ring substituents is 1. The molecule has 7 nitrogen and oxygen atoms in total. The Kier molecular flexibility index (Phi) is 5.90. The van der Waals surface area contributed by atoms with E-state index < -0.39 is 4.92 Å². The van der Waals surface area contributed by atoms with Crippen LogP contribution in [0.5, 0.6) is 0 Å². The molecule has 2 aromatic carbocycles. The number of nitrogens with one attached hydrogen (secondary N) is 1. The van der Waals surface area contributed by atoms with Crippen molar-refractivity contribution >= 4 is 23.4 Å². The fourth-order valence-corrected chi connectivity index (χ4v) is 3.86. The van der Waals surface area contributed by atoms with Gasteiger partial charge in [-0.3, -0.25) is 14.9 Å². The summed E-state index contributed by atoms with van der Waals surface area (Å²) in [6.45, 7) is 2.77. The van der Waals surface area contributed by atoms with Crippen LogP contribution in [-0.4, -0.2) is 42.0 Å². The highest BCUT2D eigenvalue weighted by atomic mass is 16.6. The summed E-state index contributed by atoms with van der Waals surface area (Å²) in [5.74, 6) is -0.165. The van der Waals surface area contributed by atoms with Crippen LogP contribution in [0.25, 0.3) is 6.08 Å². The van der Waals surface area contributed by atoms with Gasteiger partial charge in [0.05, 0.1) is 18.1 Å². The van der Waals surface area contributed by atoms with Gasteiger partial charge in [-0.25, -0.2) is 0 Å². The Morgan fingerprint density at radius 3 is 2.40 bits per heavy atom. The van der Waals surface area contributed by atoms with E-state index in [4.69, 9.17) is 4.74 Å². The summed E-state index contributed by atoms with van der Waals surface area (Å²) in [7, 11) is 0. The standard InChI is InChI=1S/C23H23N3O4/c27-23(24-19-7-9-20(10-8-19)26(28)29)21-11-6-18(16-17-4-2-1-3-5-17)22(21)25-12-14-30-15-13-25/h1-5,7-10,16H,6,11-15H2,(H,24,27)/b18-16-. The maximum atomic E-state index is 13.1. The summed E-state index contributed by atoms with van der Waals surface area (Å²) in [5, 5.41) is 13.7. The zero-order valence-corrected chi connectivity index (χ0v) is 16.5. The molecule has 2 aliphatic rings. The molecule has 0 atom stereocenters. The van der Waals surface area contributed by atoms with Crippen molar-refractivity contribution < 1.29 is 14.5 Å². The first-order valence-electron chi connectivity index (χ1n) is 9.99. The lowest BCUT2D eigenvalue weighted by atomic mass is 10.1. The minimum atomic E-state index is -0.456. The van der Waals surface area contributed by atoms with Crippen LogP contribution in [0.3, 0.4) is 0 Å². The monoisotopic (exact) mass is 405 g/mol. The maximum absolute atomic E-state index is 13.1. The molecule has 154 valence electrons. The number of benzene rings is 2. The number of nitrogens with zero attached hydrogens (tertiary/aromatic N) is 2. The van der Waals surface area contributed by atoms with Crippen LogP contribution >= 0.6 is 0 Å². The Labute approximate surface area is 174 Å². The van der Waals surface area contributed by atoms with Crippen LogP contribution in [-0.2, 0) is 9.53 Å². The van der Waals surface area contributed by atoms with Crippen LogP contribution in [0, 0.1) is 10.1 Å². The van der Waals surface area contributed by atoms with Gasteiger partial charge in [0.15, 0.2) is 0 Å². The van der Waals surface area contributed by atoms with Gasteiger partial charge in [0.1, 0.15) is 0 Å². The minimum absolute atomic E-state index is 0.00447. The molecule has 1 aliphatic heterocycles. The van der Waals surface area contributed by atoms with Gasteiger partial charge in [-0.15, -0.1) is 0 Å². The zero-order chi connectivity index (χ0) is 20.9. The maximum Gasteiger partial charge on any atom is 0.269 e. The molecule has 0 aromatic heterocycles. The highest BCUT2D eigenvalue weighted by Gasteiger charge is 2.29. The molecule has 0 unspecified atom stereocenters. The van der Waals surface area contributed by atoms with Crippen LogP contribution in [0.2, 0.25) is 0 Å². The molecule has 0 spiro atoms. The fourth-order valence-electron chi connectivity index (χ4n) is 3.86. The minimum Gasteiger partial charge on any atom is -0.378 e. The number of rotatable bonds is 5. The average Bonchev–Trinajstić information content (AvgIpc) is 3.19. The van der Waals surface area contributed by atoms with E-state index in [0.29, 0.717) is 25.3 Å². The van der Waals surface area contributed by atoms with Gasteiger partial charge in [0, 0.05) is 42.2 Å². The van der Waals surface area contributed by atoms with E-state index in [9.17, 15) is 14.9 Å². The number of morpholine rings is 1. The van der Waals surface area contributed by atoms with Crippen molar-refractivity contribution in [3.05, 3.63) is 87.1 Å². The molecule has 1 amide bonds. The summed E-state index contributed by atoms with van der Waals surface area (Å²) < 4.78 is 5.50. The normalized spacial score (nSPS) is 18.0. The van der Waals surface area contributed by atoms with Gasteiger partial charge >= 0.3 is 0 Å². The number of hydrogen-bond acceptors (Lipinski definition) is 5. The van der Waals surface area contributed by atoms with E-state index in [1.807, 2.05) is 18.2 Å². The molecular formula is C23H23N3O4. The second-order valence-electron chi connectivity index (χ2n) is 7.26. The Morgan fingerprint density at radius 1 is 1.03 bits per heavy atom. The third-order valence-electron chi connectivity index (χ3n) is 5.31. The van der Waals surface area contributed by atoms with Crippen LogP contribution < -0.4 is 5.32 Å². The van der Waals surface area contributed by atoms with E-state index in [0.717, 1.165) is 41.9 Å². The van der Waals surface area contributed by atoms with Crippen LogP contribution in [0.15, 0.2) is 71.4 Å². The Morgan fingerprint density at radius 2 is 1.73 bits per heavy atom. The van der Waals surface area contributed by atoms with Gasteiger partial charge in [-0.05, 0) is 42.2 Å². The fraction of sp³-hybridized carbons (Fsp3) is 0.261. The van der Waals surface area contributed by atoms with Crippen molar-refractivity contribution in [2.75, 3.05) is 31.6 Å². The van der Waals surface area contributed by atoms with E-state index in [2.05, 4.69) is 28.4 Å². The molecule has 4 rings (SSSR count). The molecule has 1 saturated heterocycles. The van der Waals surface area contributed by atoms with Gasteiger partial charge < -0.3 is 15.0 Å². The third-order valence-corrected chi connectivity index (χ3v) is 5.31. The molecule has 30 heavy (non-hydrogen) atoms. The zero-order valence-electron chi connectivity index (χ0n) is 16.5. The Balaban J connectivity index is 1.63. The molecule has 1 N–H and O–H groups in total. The second-order valence-corrected chi connectivity index (χ2v) is 7.26. The lowest BCUT2D eigenvalue weighted by Crippen LogP contribution is -2.36. The molecule has 1 fully saturated rings. The van der Waals surface area contributed by atoms with Crippen molar-refractivity contribution in [2.24, 2.45) is 0 Å². The van der Waals surface area contributed by atoms with Crippen LogP contribution in [0.1, 0.15) is 18.4 Å². The topological polar surface area (TPSA) is 84.7 Å². The predicted octanol–water partition coefficient (Wildman–Crippen LogP) is 4.00. The molecule has 0 bridgehead atoms. The summed E-state index contributed by atoms with van der Waals surface area (Å²) in [6, 6.07) is 16.0. The van der Waals surface area contributed by atoms with E-state index in [1.165, 1.54) is 12.1 Å². The smallest absolute Gasteiger partial charge is 0.269 e. The van der Waals surface area contributed by atoms with Gasteiger partial charge in [0.2, 0.25) is 0 Å². The number of allylic oxidation sites excluding steroid dienone is 1. The third kappa shape index (κ3) is 4.41. The Hall–Kier alpha value is -3.45. The summed E-state index contributed by atoms with van der Waals surface area (Å²) >= 11 is 0. The second kappa shape index (κ2) is 8.92. The van der Waals surface area contributed by atoms with E-state index in [-0.39, 0.29) is 11.6 Å². The summed E-state index contributed by atoms with van der Waals surface area (Å²) in [6.07, 6.45) is 3.60. The molecule has 0 saturated carbocycles. The number of non-ortho nitro benzene ring substituents is 1. The summed E-state index contributed by atoms with van der Waals surface area (Å²) in [5.41, 5.74) is 4.53. The largest absolute Gasteiger partial charge is 0.378 e. The molecule has 0 radical (unpaired) electrons. The first-order valence-corrected chi connectivity index (χ1v) is 9.99. The number of hydrogen-bond donors (Lipinski definition) is 1. The van der Waals surface area contributed by atoms with Gasteiger partial charge in [0.25, 0.3) is 11.6 Å². The van der Waals surface area contributed by atoms with Crippen molar-refractivity contribution in [1.82, 2.24) is 4.90 Å². The first-order chi connectivity index (χ1) is 14.6. The molecule has 2 aromatic rings. The van der Waals surface area contributed by atoms with Crippen molar-refractivity contribution in [3.8, 4) is 0 Å². The quantitative estimate of drug-likeness (QED) is 0.600. The average molecular weight is 405 g/mol. The Bertz CT molecular complexity index is 991. The predicted molar refractivity (Wildman–Crippen MR) is 115 cm³/mol. The number of nitro groups is 1. The lowest BCUT2D eigenvalue weighted by Gasteiger charge is -2.31. The number of carbonyl (C=O) groups is 1. The van der Waals surface area contributed by atoms with E-state index >= 15 is 0 Å². The number of anilines is 1.